The molecule has 0 aromatic heterocycles. The first-order valence-corrected chi connectivity index (χ1v) is 10.8. The zero-order valence-electron chi connectivity index (χ0n) is 16.6. The van der Waals surface area contributed by atoms with Crippen LogP contribution in [0.2, 0.25) is 0 Å². The van der Waals surface area contributed by atoms with Crippen LogP contribution in [0.4, 0.5) is 17.6 Å². The predicted molar refractivity (Wildman–Crippen MR) is 114 cm³/mol. The Morgan fingerprint density at radius 2 is 1.75 bits per heavy atom. The van der Waals surface area contributed by atoms with Gasteiger partial charge in [-0.3, -0.25) is 4.79 Å². The molecule has 4 nitrogen and oxygen atoms in total. The highest BCUT2D eigenvalue weighted by molar-refractivity contribution is 9.28. The van der Waals surface area contributed by atoms with Gasteiger partial charge in [0.15, 0.2) is 29.0 Å². The largest absolute Gasteiger partial charge is 0.454 e. The summed E-state index contributed by atoms with van der Waals surface area (Å²) < 4.78 is 65.3. The Labute approximate surface area is 198 Å². The van der Waals surface area contributed by atoms with Gasteiger partial charge in [-0.1, -0.05) is 26.0 Å². The molecule has 0 saturated heterocycles. The van der Waals surface area contributed by atoms with Crippen LogP contribution in [-0.4, -0.2) is 5.97 Å². The van der Waals surface area contributed by atoms with E-state index in [1.807, 2.05) is 26.0 Å². The Balaban J connectivity index is 1.81. The van der Waals surface area contributed by atoms with Gasteiger partial charge in [0.2, 0.25) is 6.10 Å². The topological polar surface area (TPSA) is 59.3 Å². The van der Waals surface area contributed by atoms with Crippen molar-refractivity contribution >= 4 is 37.8 Å². The van der Waals surface area contributed by atoms with Gasteiger partial charge < -0.3 is 9.47 Å². The average molecular weight is 577 g/mol. The first kappa shape index (κ1) is 24.3. The summed E-state index contributed by atoms with van der Waals surface area (Å²) in [5.74, 6) is -7.78. The van der Waals surface area contributed by atoms with Crippen molar-refractivity contribution in [1.82, 2.24) is 0 Å². The molecule has 1 aliphatic carbocycles. The number of nitrogens with zero attached hydrogens (tertiary/aromatic N) is 1. The van der Waals surface area contributed by atoms with E-state index in [4.69, 9.17) is 9.47 Å². The van der Waals surface area contributed by atoms with Crippen molar-refractivity contribution < 1.29 is 31.8 Å². The molecule has 0 bridgehead atoms. The summed E-state index contributed by atoms with van der Waals surface area (Å²) in [4.78, 5) is 12.6. The van der Waals surface area contributed by atoms with E-state index in [9.17, 15) is 27.6 Å². The maximum absolute atomic E-state index is 14.2. The van der Waals surface area contributed by atoms with Gasteiger partial charge in [0.05, 0.1) is 9.31 Å². The number of allylic oxidation sites excluding steroid dienone is 1. The molecule has 3 rings (SSSR count). The standard InChI is InChI=1S/C22H15Br2F4NO3/c1-22(2)12(8-18(23)24)19(22)21(30)32-17(9-29)10-3-4-13(25)16(5-10)31-11-6-14(26)20(28)15(27)7-11/h3-8,12,17,19H,1-2H3/t12-,17?,19-/m0/s1. The second kappa shape index (κ2) is 9.24. The molecule has 0 heterocycles. The van der Waals surface area contributed by atoms with Crippen molar-refractivity contribution in [3.8, 4) is 17.6 Å². The third kappa shape index (κ3) is 4.99. The number of carbonyl (C=O) groups is 1. The Bertz CT molecular complexity index is 1120. The van der Waals surface area contributed by atoms with Crippen LogP contribution in [-0.2, 0) is 9.53 Å². The summed E-state index contributed by atoms with van der Waals surface area (Å²) in [7, 11) is 0. The third-order valence-electron chi connectivity index (χ3n) is 5.26. The summed E-state index contributed by atoms with van der Waals surface area (Å²) in [5, 5.41) is 9.50. The van der Waals surface area contributed by atoms with E-state index < -0.39 is 52.8 Å². The Hall–Kier alpha value is -2.38. The van der Waals surface area contributed by atoms with Crippen molar-refractivity contribution in [3.05, 3.63) is 68.6 Å². The normalized spacial score (nSPS) is 19.5. The predicted octanol–water partition coefficient (Wildman–Crippen LogP) is 7.05. The second-order valence-electron chi connectivity index (χ2n) is 7.72. The molecule has 1 aliphatic rings. The minimum absolute atomic E-state index is 0.0903. The Kier molecular flexibility index (Phi) is 7.00. The molecule has 0 N–H and O–H groups in total. The van der Waals surface area contributed by atoms with Crippen molar-refractivity contribution in [1.29, 1.82) is 5.26 Å². The highest BCUT2D eigenvalue weighted by Crippen LogP contribution is 2.60. The molecule has 32 heavy (non-hydrogen) atoms. The SMILES string of the molecule is CC1(C)[C@H](C(=O)OC(C#N)c2ccc(F)c(Oc3cc(F)c(F)c(F)c3)c2)[C@@H]1C=C(Br)Br. The molecule has 2 aromatic carbocycles. The minimum atomic E-state index is -1.69. The third-order valence-corrected chi connectivity index (χ3v) is 5.79. The van der Waals surface area contributed by atoms with E-state index in [0.717, 1.165) is 12.1 Å². The number of carbonyl (C=O) groups excluding carboxylic acids is 1. The first-order valence-electron chi connectivity index (χ1n) is 9.20. The number of hydrogen-bond donors (Lipinski definition) is 0. The average Bonchev–Trinajstić information content (AvgIpc) is 3.24. The van der Waals surface area contributed by atoms with Gasteiger partial charge in [-0.25, -0.2) is 17.6 Å². The van der Waals surface area contributed by atoms with E-state index >= 15 is 0 Å². The van der Waals surface area contributed by atoms with E-state index in [2.05, 4.69) is 31.9 Å². The van der Waals surface area contributed by atoms with Crippen LogP contribution < -0.4 is 4.74 Å². The molecule has 1 unspecified atom stereocenters. The summed E-state index contributed by atoms with van der Waals surface area (Å²) in [6.45, 7) is 3.77. The van der Waals surface area contributed by atoms with E-state index in [1.54, 1.807) is 0 Å². The minimum Gasteiger partial charge on any atom is -0.454 e. The van der Waals surface area contributed by atoms with Crippen LogP contribution >= 0.6 is 31.9 Å². The maximum Gasteiger partial charge on any atom is 0.311 e. The van der Waals surface area contributed by atoms with Crippen LogP contribution in [0.3, 0.4) is 0 Å². The van der Waals surface area contributed by atoms with Gasteiger partial charge in [-0.05, 0) is 55.3 Å². The lowest BCUT2D eigenvalue weighted by Crippen LogP contribution is -2.14. The molecule has 1 saturated carbocycles. The fraction of sp³-hybridized carbons (Fsp3) is 0.273. The van der Waals surface area contributed by atoms with Crippen LogP contribution in [0, 0.1) is 51.9 Å². The molecular formula is C22H15Br2F4NO3. The molecule has 1 fully saturated rings. The number of halogens is 6. The van der Waals surface area contributed by atoms with Crippen molar-refractivity contribution in [2.75, 3.05) is 0 Å². The van der Waals surface area contributed by atoms with E-state index in [-0.39, 0.29) is 16.9 Å². The lowest BCUT2D eigenvalue weighted by Gasteiger charge is -2.14. The highest BCUT2D eigenvalue weighted by Gasteiger charge is 2.61. The lowest BCUT2D eigenvalue weighted by molar-refractivity contribution is -0.149. The monoisotopic (exact) mass is 575 g/mol. The summed E-state index contributed by atoms with van der Waals surface area (Å²) >= 11 is 6.51. The fourth-order valence-electron chi connectivity index (χ4n) is 3.41. The number of ether oxygens (including phenoxy) is 2. The van der Waals surface area contributed by atoms with Gasteiger partial charge in [0.25, 0.3) is 0 Å². The molecule has 3 atom stereocenters. The zero-order chi connectivity index (χ0) is 23.8. The van der Waals surface area contributed by atoms with E-state index in [1.165, 1.54) is 6.07 Å². The highest BCUT2D eigenvalue weighted by atomic mass is 79.9. The number of nitriles is 1. The van der Waals surface area contributed by atoms with Crippen molar-refractivity contribution in [3.63, 3.8) is 0 Å². The first-order chi connectivity index (χ1) is 14.9. The molecule has 0 radical (unpaired) electrons. The molecule has 0 spiro atoms. The van der Waals surface area contributed by atoms with Crippen LogP contribution in [0.1, 0.15) is 25.5 Å². The second-order valence-corrected chi connectivity index (χ2v) is 10.5. The number of esters is 1. The van der Waals surface area contributed by atoms with Gasteiger partial charge in [-0.2, -0.15) is 5.26 Å². The fourth-order valence-corrected chi connectivity index (χ4v) is 3.98. The molecule has 2 aromatic rings. The molecule has 168 valence electrons. The van der Waals surface area contributed by atoms with Crippen LogP contribution in [0.25, 0.3) is 0 Å². The van der Waals surface area contributed by atoms with Crippen LogP contribution in [0.15, 0.2) is 39.8 Å². The summed E-state index contributed by atoms with van der Waals surface area (Å²) in [5.41, 5.74) is -0.287. The van der Waals surface area contributed by atoms with Gasteiger partial charge in [0, 0.05) is 17.7 Å². The van der Waals surface area contributed by atoms with Gasteiger partial charge >= 0.3 is 5.97 Å². The quantitative estimate of drug-likeness (QED) is 0.210. The molecule has 10 heteroatoms. The molecular weight excluding hydrogens is 562 g/mol. The van der Waals surface area contributed by atoms with Gasteiger partial charge in [-0.15, -0.1) is 0 Å². The van der Waals surface area contributed by atoms with Gasteiger partial charge in [0.1, 0.15) is 11.8 Å². The Morgan fingerprint density at radius 1 is 1.12 bits per heavy atom. The zero-order valence-corrected chi connectivity index (χ0v) is 19.8. The van der Waals surface area contributed by atoms with Crippen LogP contribution in [0.5, 0.6) is 11.5 Å². The number of benzene rings is 2. The number of rotatable bonds is 6. The molecule has 0 aliphatic heterocycles. The Morgan fingerprint density at radius 3 is 2.31 bits per heavy atom. The summed E-state index contributed by atoms with van der Waals surface area (Å²) in [6.07, 6.45) is 0.443. The maximum atomic E-state index is 14.2. The summed E-state index contributed by atoms with van der Waals surface area (Å²) in [6, 6.07) is 6.18. The smallest absolute Gasteiger partial charge is 0.311 e. The van der Waals surface area contributed by atoms with Crippen molar-refractivity contribution in [2.45, 2.75) is 20.0 Å². The lowest BCUT2D eigenvalue weighted by atomic mass is 10.1. The van der Waals surface area contributed by atoms with Crippen molar-refractivity contribution in [2.24, 2.45) is 17.3 Å². The van der Waals surface area contributed by atoms with E-state index in [0.29, 0.717) is 15.5 Å². The molecule has 0 amide bonds. The number of hydrogen-bond acceptors (Lipinski definition) is 4.